The van der Waals surface area contributed by atoms with Crippen LogP contribution in [0.3, 0.4) is 0 Å². The third kappa shape index (κ3) is 3.78. The Balaban J connectivity index is 1.34. The topological polar surface area (TPSA) is 72.5 Å². The summed E-state index contributed by atoms with van der Waals surface area (Å²) in [5, 5.41) is 8.07. The zero-order chi connectivity index (χ0) is 17.8. The lowest BCUT2D eigenvalue weighted by Gasteiger charge is -2.18. The summed E-state index contributed by atoms with van der Waals surface area (Å²) in [6, 6.07) is 15.2. The van der Waals surface area contributed by atoms with Gasteiger partial charge in [0, 0.05) is 17.5 Å². The van der Waals surface area contributed by atoms with Crippen LogP contribution < -0.4 is 20.1 Å². The fourth-order valence-corrected chi connectivity index (χ4v) is 3.31. The lowest BCUT2D eigenvalue weighted by Crippen LogP contribution is -2.28. The monoisotopic (exact) mass is 367 g/mol. The number of hydrogen-bond acceptors (Lipinski definition) is 5. The van der Waals surface area contributed by atoms with Crippen molar-refractivity contribution in [3.05, 3.63) is 59.5 Å². The molecule has 2 amide bonds. The molecule has 6 nitrogen and oxygen atoms in total. The number of ether oxygens (including phenoxy) is 2. The van der Waals surface area contributed by atoms with Crippen LogP contribution in [0, 0.1) is 0 Å². The number of fused-ring (bicyclic) bond motifs is 1. The molecule has 7 heteroatoms. The van der Waals surface area contributed by atoms with Crippen LogP contribution in [0.5, 0.6) is 11.5 Å². The average molecular weight is 367 g/mol. The highest BCUT2D eigenvalue weighted by molar-refractivity contribution is 7.14. The second-order valence-electron chi connectivity index (χ2n) is 5.69. The zero-order valence-corrected chi connectivity index (χ0v) is 14.7. The van der Waals surface area contributed by atoms with Crippen LogP contribution >= 0.6 is 11.3 Å². The van der Waals surface area contributed by atoms with Gasteiger partial charge in [0.25, 0.3) is 0 Å². The predicted molar refractivity (Wildman–Crippen MR) is 101 cm³/mol. The van der Waals surface area contributed by atoms with Gasteiger partial charge in [-0.15, -0.1) is 11.3 Å². The number of rotatable bonds is 4. The van der Waals surface area contributed by atoms with Crippen LogP contribution in [0.15, 0.2) is 53.9 Å². The number of carbonyl (C=O) groups excluding carboxylic acids is 1. The SMILES string of the molecule is O=C(NCc1ccc2c(c1)OCCO2)Nc1nc(-c2ccccc2)cs1. The van der Waals surface area contributed by atoms with E-state index in [4.69, 9.17) is 9.47 Å². The molecule has 1 aliphatic heterocycles. The molecule has 0 atom stereocenters. The molecule has 0 spiro atoms. The van der Waals surface area contributed by atoms with Crippen LogP contribution in [0.25, 0.3) is 11.3 Å². The molecular weight excluding hydrogens is 350 g/mol. The van der Waals surface area contributed by atoms with Gasteiger partial charge in [-0.3, -0.25) is 5.32 Å². The molecule has 132 valence electrons. The molecule has 0 bridgehead atoms. The number of carbonyl (C=O) groups is 1. The largest absolute Gasteiger partial charge is 0.486 e. The molecule has 4 rings (SSSR count). The summed E-state index contributed by atoms with van der Waals surface area (Å²) in [5.74, 6) is 1.45. The predicted octanol–water partition coefficient (Wildman–Crippen LogP) is 3.90. The molecule has 26 heavy (non-hydrogen) atoms. The van der Waals surface area contributed by atoms with Gasteiger partial charge in [0.15, 0.2) is 16.6 Å². The van der Waals surface area contributed by atoms with E-state index >= 15 is 0 Å². The van der Waals surface area contributed by atoms with Crippen molar-refractivity contribution >= 4 is 22.5 Å². The summed E-state index contributed by atoms with van der Waals surface area (Å²) in [6.07, 6.45) is 0. The van der Waals surface area contributed by atoms with Crippen LogP contribution in [-0.4, -0.2) is 24.2 Å². The Morgan fingerprint density at radius 1 is 1.08 bits per heavy atom. The third-order valence-electron chi connectivity index (χ3n) is 3.85. The van der Waals surface area contributed by atoms with Crippen molar-refractivity contribution in [3.63, 3.8) is 0 Å². The van der Waals surface area contributed by atoms with Crippen LogP contribution in [0.2, 0.25) is 0 Å². The normalized spacial score (nSPS) is 12.5. The number of urea groups is 1. The van der Waals surface area contributed by atoms with Gasteiger partial charge in [-0.2, -0.15) is 0 Å². The summed E-state index contributed by atoms with van der Waals surface area (Å²) in [4.78, 5) is 16.6. The fraction of sp³-hybridized carbons (Fsp3) is 0.158. The lowest BCUT2D eigenvalue weighted by molar-refractivity contribution is 0.171. The second-order valence-corrected chi connectivity index (χ2v) is 6.55. The second kappa shape index (κ2) is 7.45. The highest BCUT2D eigenvalue weighted by Crippen LogP contribution is 2.30. The van der Waals surface area contributed by atoms with Crippen LogP contribution in [-0.2, 0) is 6.54 Å². The Kier molecular flexibility index (Phi) is 4.70. The summed E-state index contributed by atoms with van der Waals surface area (Å²) in [7, 11) is 0. The summed E-state index contributed by atoms with van der Waals surface area (Å²) >= 11 is 1.39. The molecule has 0 saturated heterocycles. The summed E-state index contributed by atoms with van der Waals surface area (Å²) in [6.45, 7) is 1.49. The quantitative estimate of drug-likeness (QED) is 0.733. The van der Waals surface area contributed by atoms with Gasteiger partial charge >= 0.3 is 6.03 Å². The fourth-order valence-electron chi connectivity index (χ4n) is 2.59. The van der Waals surface area contributed by atoms with Gasteiger partial charge in [0.1, 0.15) is 13.2 Å². The van der Waals surface area contributed by atoms with Crippen molar-refractivity contribution < 1.29 is 14.3 Å². The van der Waals surface area contributed by atoms with Gasteiger partial charge in [-0.05, 0) is 17.7 Å². The van der Waals surface area contributed by atoms with E-state index < -0.39 is 0 Å². The number of thiazole rings is 1. The van der Waals surface area contributed by atoms with Gasteiger partial charge in [-0.25, -0.2) is 9.78 Å². The van der Waals surface area contributed by atoms with E-state index in [1.807, 2.05) is 53.9 Å². The van der Waals surface area contributed by atoms with Crippen molar-refractivity contribution in [2.75, 3.05) is 18.5 Å². The van der Waals surface area contributed by atoms with E-state index in [1.165, 1.54) is 11.3 Å². The maximum absolute atomic E-state index is 12.1. The molecule has 0 unspecified atom stereocenters. The number of hydrogen-bond donors (Lipinski definition) is 2. The molecule has 2 N–H and O–H groups in total. The van der Waals surface area contributed by atoms with Crippen molar-refractivity contribution in [1.82, 2.24) is 10.3 Å². The number of aromatic nitrogens is 1. The lowest BCUT2D eigenvalue weighted by atomic mass is 10.2. The highest BCUT2D eigenvalue weighted by atomic mass is 32.1. The molecule has 1 aliphatic rings. The van der Waals surface area contributed by atoms with E-state index in [1.54, 1.807) is 0 Å². The first-order valence-electron chi connectivity index (χ1n) is 8.22. The van der Waals surface area contributed by atoms with E-state index in [-0.39, 0.29) is 6.03 Å². The van der Waals surface area contributed by atoms with Gasteiger partial charge < -0.3 is 14.8 Å². The molecule has 0 aliphatic carbocycles. The first-order chi connectivity index (χ1) is 12.8. The first kappa shape index (κ1) is 16.4. The Morgan fingerprint density at radius 2 is 1.88 bits per heavy atom. The number of anilines is 1. The van der Waals surface area contributed by atoms with Gasteiger partial charge in [0.2, 0.25) is 0 Å². The Labute approximate surface area is 154 Å². The van der Waals surface area contributed by atoms with Crippen molar-refractivity contribution in [3.8, 4) is 22.8 Å². The van der Waals surface area contributed by atoms with Crippen molar-refractivity contribution in [2.45, 2.75) is 6.54 Å². The molecule has 0 fully saturated rings. The summed E-state index contributed by atoms with van der Waals surface area (Å²) < 4.78 is 11.0. The number of benzene rings is 2. The summed E-state index contributed by atoms with van der Waals surface area (Å²) in [5.41, 5.74) is 2.81. The van der Waals surface area contributed by atoms with Gasteiger partial charge in [0.05, 0.1) is 5.69 Å². The molecule has 0 radical (unpaired) electrons. The molecule has 1 aromatic heterocycles. The molecule has 2 heterocycles. The van der Waals surface area contributed by atoms with E-state index in [0.29, 0.717) is 30.6 Å². The highest BCUT2D eigenvalue weighted by Gasteiger charge is 2.12. The van der Waals surface area contributed by atoms with Crippen molar-refractivity contribution in [1.29, 1.82) is 0 Å². The minimum absolute atomic E-state index is 0.297. The van der Waals surface area contributed by atoms with E-state index in [2.05, 4.69) is 15.6 Å². The van der Waals surface area contributed by atoms with E-state index in [0.717, 1.165) is 22.6 Å². The Hall–Kier alpha value is -3.06. The van der Waals surface area contributed by atoms with Crippen molar-refractivity contribution in [2.24, 2.45) is 0 Å². The smallest absolute Gasteiger partial charge is 0.321 e. The minimum Gasteiger partial charge on any atom is -0.486 e. The number of amides is 2. The van der Waals surface area contributed by atoms with Gasteiger partial charge in [-0.1, -0.05) is 36.4 Å². The average Bonchev–Trinajstić information content (AvgIpc) is 3.15. The Morgan fingerprint density at radius 3 is 2.73 bits per heavy atom. The maximum Gasteiger partial charge on any atom is 0.321 e. The zero-order valence-electron chi connectivity index (χ0n) is 13.9. The molecular formula is C19H17N3O3S. The maximum atomic E-state index is 12.1. The first-order valence-corrected chi connectivity index (χ1v) is 9.10. The van der Waals surface area contributed by atoms with Crippen LogP contribution in [0.4, 0.5) is 9.93 Å². The Bertz CT molecular complexity index is 911. The third-order valence-corrected chi connectivity index (χ3v) is 4.61. The number of nitrogens with zero attached hydrogens (tertiary/aromatic N) is 1. The van der Waals surface area contributed by atoms with Crippen LogP contribution in [0.1, 0.15) is 5.56 Å². The minimum atomic E-state index is -0.297. The molecule has 2 aromatic carbocycles. The molecule has 3 aromatic rings. The van der Waals surface area contributed by atoms with E-state index in [9.17, 15) is 4.79 Å². The molecule has 0 saturated carbocycles. The standard InChI is InChI=1S/C19H17N3O3S/c23-18(20-11-13-6-7-16-17(10-13)25-9-8-24-16)22-19-21-15(12-26-19)14-4-2-1-3-5-14/h1-7,10,12H,8-9,11H2,(H2,20,21,22,23). The number of nitrogens with one attached hydrogen (secondary N) is 2.